The number of nitrogens with two attached hydrogens (primary N) is 1. The number of aryl methyl sites for hydroxylation is 1. The molecule has 0 aliphatic rings. The molecule has 1 aromatic carbocycles. The summed E-state index contributed by atoms with van der Waals surface area (Å²) in [5.41, 5.74) is 7.28. The molecule has 0 radical (unpaired) electrons. The molecular weight excluding hydrogens is 337 g/mol. The lowest BCUT2D eigenvalue weighted by atomic mass is 10.2. The first-order valence-corrected chi connectivity index (χ1v) is 6.85. The molecule has 1 heterocycles. The van der Waals surface area contributed by atoms with Crippen molar-refractivity contribution < 1.29 is 0 Å². The Bertz CT molecular complexity index is 582. The molecule has 2 rings (SSSR count). The first-order chi connectivity index (χ1) is 8.54. The van der Waals surface area contributed by atoms with Crippen molar-refractivity contribution in [2.24, 2.45) is 0 Å². The summed E-state index contributed by atoms with van der Waals surface area (Å²) in [6.45, 7) is 1.99. The second-order valence-electron chi connectivity index (χ2n) is 3.64. The Hall–Kier alpha value is -0.840. The van der Waals surface area contributed by atoms with Crippen LogP contribution in [0.2, 0.25) is 10.0 Å². The maximum absolute atomic E-state index is 6.13. The van der Waals surface area contributed by atoms with Gasteiger partial charge < -0.3 is 5.73 Å². The fourth-order valence-electron chi connectivity index (χ4n) is 1.57. The Morgan fingerprint density at radius 2 is 1.83 bits per heavy atom. The molecule has 0 aliphatic heterocycles. The number of nitrogen functional groups attached to an aromatic ring is 1. The van der Waals surface area contributed by atoms with Crippen LogP contribution < -0.4 is 5.73 Å². The van der Waals surface area contributed by atoms with Gasteiger partial charge in [-0.1, -0.05) is 36.2 Å². The molecule has 2 N–H and O–H groups in total. The second-order valence-corrected chi connectivity index (χ2v) is 5.25. The normalized spacial score (nSPS) is 10.7. The maximum Gasteiger partial charge on any atom is 0.164 e. The fourth-order valence-corrected chi connectivity index (χ4v) is 2.59. The number of hydrogen-bond donors (Lipinski definition) is 1. The van der Waals surface area contributed by atoms with Gasteiger partial charge in [0.05, 0.1) is 25.8 Å². The van der Waals surface area contributed by atoms with Gasteiger partial charge in [0.2, 0.25) is 0 Å². The number of halogens is 3. The molecule has 0 bridgehead atoms. The van der Waals surface area contributed by atoms with Crippen molar-refractivity contribution in [3.8, 4) is 11.4 Å². The van der Waals surface area contributed by atoms with Gasteiger partial charge in [-0.2, -0.15) is 0 Å². The number of nitrogens with zero attached hydrogens (tertiary/aromatic N) is 2. The molecule has 6 heteroatoms. The number of rotatable bonds is 2. The SMILES string of the molecule is CCc1nc(-c2c(Cl)cccc2Cl)nc(N)c1Br. The van der Waals surface area contributed by atoms with Crippen molar-refractivity contribution >= 4 is 44.9 Å². The van der Waals surface area contributed by atoms with Gasteiger partial charge in [-0.05, 0) is 34.5 Å². The average molecular weight is 347 g/mol. The molecule has 0 unspecified atom stereocenters. The number of benzene rings is 1. The van der Waals surface area contributed by atoms with Gasteiger partial charge in [0.1, 0.15) is 5.82 Å². The zero-order valence-electron chi connectivity index (χ0n) is 9.54. The van der Waals surface area contributed by atoms with Crippen molar-refractivity contribution in [2.75, 3.05) is 5.73 Å². The van der Waals surface area contributed by atoms with Crippen LogP contribution in [0.25, 0.3) is 11.4 Å². The zero-order valence-corrected chi connectivity index (χ0v) is 12.6. The van der Waals surface area contributed by atoms with Crippen molar-refractivity contribution in [3.05, 3.63) is 38.4 Å². The van der Waals surface area contributed by atoms with E-state index in [2.05, 4.69) is 25.9 Å². The van der Waals surface area contributed by atoms with Crippen molar-refractivity contribution in [2.45, 2.75) is 13.3 Å². The monoisotopic (exact) mass is 345 g/mol. The van der Waals surface area contributed by atoms with Crippen LogP contribution in [0, 0.1) is 0 Å². The largest absolute Gasteiger partial charge is 0.383 e. The summed E-state index contributed by atoms with van der Waals surface area (Å²) >= 11 is 15.6. The minimum absolute atomic E-state index is 0.382. The van der Waals surface area contributed by atoms with Crippen LogP contribution in [-0.2, 0) is 6.42 Å². The first kappa shape index (κ1) is 13.6. The van der Waals surface area contributed by atoms with Gasteiger partial charge in [-0.25, -0.2) is 9.97 Å². The Kier molecular flexibility index (Phi) is 4.10. The van der Waals surface area contributed by atoms with E-state index in [-0.39, 0.29) is 0 Å². The zero-order chi connectivity index (χ0) is 13.3. The van der Waals surface area contributed by atoms with E-state index in [9.17, 15) is 0 Å². The Labute approximate surface area is 123 Å². The molecule has 0 aliphatic carbocycles. The highest BCUT2D eigenvalue weighted by atomic mass is 79.9. The molecule has 0 saturated heterocycles. The lowest BCUT2D eigenvalue weighted by Crippen LogP contribution is -2.02. The molecule has 1 aromatic heterocycles. The van der Waals surface area contributed by atoms with Crippen LogP contribution in [0.3, 0.4) is 0 Å². The summed E-state index contributed by atoms with van der Waals surface area (Å²) in [5.74, 6) is 0.830. The molecular formula is C12H10BrCl2N3. The third-order valence-corrected chi connectivity index (χ3v) is 3.96. The van der Waals surface area contributed by atoms with E-state index in [0.29, 0.717) is 27.3 Å². The van der Waals surface area contributed by atoms with Crippen molar-refractivity contribution in [1.82, 2.24) is 9.97 Å². The molecule has 3 nitrogen and oxygen atoms in total. The van der Waals surface area contributed by atoms with Crippen molar-refractivity contribution in [1.29, 1.82) is 0 Å². The molecule has 0 fully saturated rings. The van der Waals surface area contributed by atoms with Crippen LogP contribution in [-0.4, -0.2) is 9.97 Å². The summed E-state index contributed by atoms with van der Waals surface area (Å²) in [5, 5.41) is 1.01. The third kappa shape index (κ3) is 2.46. The van der Waals surface area contributed by atoms with E-state index in [1.807, 2.05) is 6.92 Å². The van der Waals surface area contributed by atoms with Gasteiger partial charge in [-0.15, -0.1) is 0 Å². The quantitative estimate of drug-likeness (QED) is 0.878. The Morgan fingerprint density at radius 1 is 1.22 bits per heavy atom. The topological polar surface area (TPSA) is 51.8 Å². The summed E-state index contributed by atoms with van der Waals surface area (Å²) in [6.07, 6.45) is 0.738. The standard InChI is InChI=1S/C12H10BrCl2N3/c1-2-8-10(13)11(16)18-12(17-8)9-6(14)4-3-5-7(9)15/h3-5H,2H2,1H3,(H2,16,17,18). The summed E-state index contributed by atoms with van der Waals surface area (Å²) in [4.78, 5) is 8.66. The van der Waals surface area contributed by atoms with E-state index in [1.54, 1.807) is 18.2 Å². The van der Waals surface area contributed by atoms with Gasteiger partial charge in [0.15, 0.2) is 5.82 Å². The molecule has 94 valence electrons. The van der Waals surface area contributed by atoms with Gasteiger partial charge in [0.25, 0.3) is 0 Å². The predicted octanol–water partition coefficient (Wildman–Crippen LogP) is 4.36. The smallest absolute Gasteiger partial charge is 0.164 e. The van der Waals surface area contributed by atoms with Gasteiger partial charge in [0, 0.05) is 0 Å². The third-order valence-electron chi connectivity index (χ3n) is 2.47. The number of aromatic nitrogens is 2. The molecule has 18 heavy (non-hydrogen) atoms. The summed E-state index contributed by atoms with van der Waals surface area (Å²) in [7, 11) is 0. The van der Waals surface area contributed by atoms with Crippen LogP contribution in [0.5, 0.6) is 0 Å². The van der Waals surface area contributed by atoms with E-state index < -0.39 is 0 Å². The number of anilines is 1. The Morgan fingerprint density at radius 3 is 2.39 bits per heavy atom. The highest BCUT2D eigenvalue weighted by Crippen LogP contribution is 2.34. The average Bonchev–Trinajstić information content (AvgIpc) is 2.33. The van der Waals surface area contributed by atoms with Crippen LogP contribution in [0.4, 0.5) is 5.82 Å². The van der Waals surface area contributed by atoms with E-state index >= 15 is 0 Å². The molecule has 0 amide bonds. The molecule has 0 atom stereocenters. The minimum atomic E-state index is 0.382. The second kappa shape index (κ2) is 5.43. The first-order valence-electron chi connectivity index (χ1n) is 5.30. The van der Waals surface area contributed by atoms with E-state index in [1.165, 1.54) is 0 Å². The highest BCUT2D eigenvalue weighted by molar-refractivity contribution is 9.10. The van der Waals surface area contributed by atoms with Crippen LogP contribution in [0.15, 0.2) is 22.7 Å². The minimum Gasteiger partial charge on any atom is -0.383 e. The number of hydrogen-bond acceptors (Lipinski definition) is 3. The lowest BCUT2D eigenvalue weighted by molar-refractivity contribution is 0.996. The highest BCUT2D eigenvalue weighted by Gasteiger charge is 2.15. The van der Waals surface area contributed by atoms with Gasteiger partial charge in [-0.3, -0.25) is 0 Å². The van der Waals surface area contributed by atoms with E-state index in [4.69, 9.17) is 28.9 Å². The lowest BCUT2D eigenvalue weighted by Gasteiger charge is -2.09. The Balaban J connectivity index is 2.68. The van der Waals surface area contributed by atoms with Crippen LogP contribution in [0.1, 0.15) is 12.6 Å². The fraction of sp³-hybridized carbons (Fsp3) is 0.167. The predicted molar refractivity (Wildman–Crippen MR) is 79.0 cm³/mol. The van der Waals surface area contributed by atoms with Crippen LogP contribution >= 0.6 is 39.1 Å². The summed E-state index contributed by atoms with van der Waals surface area (Å²) in [6, 6.07) is 5.27. The molecule has 0 spiro atoms. The van der Waals surface area contributed by atoms with Crippen molar-refractivity contribution in [3.63, 3.8) is 0 Å². The summed E-state index contributed by atoms with van der Waals surface area (Å²) < 4.78 is 0.719. The molecule has 2 aromatic rings. The van der Waals surface area contributed by atoms with E-state index in [0.717, 1.165) is 16.6 Å². The maximum atomic E-state index is 6.13. The molecule has 0 saturated carbocycles. The van der Waals surface area contributed by atoms with Gasteiger partial charge >= 0.3 is 0 Å².